The lowest BCUT2D eigenvalue weighted by Crippen LogP contribution is -2.22. The van der Waals surface area contributed by atoms with Crippen LogP contribution in [0.5, 0.6) is 0 Å². The van der Waals surface area contributed by atoms with E-state index < -0.39 is 16.0 Å². The Morgan fingerprint density at radius 2 is 1.78 bits per heavy atom. The summed E-state index contributed by atoms with van der Waals surface area (Å²) in [6.45, 7) is 3.75. The number of carbonyl (C=O) groups excluding carboxylic acids is 1. The molecule has 23 heavy (non-hydrogen) atoms. The molecule has 0 fully saturated rings. The number of hydrogen-bond acceptors (Lipinski definition) is 4. The van der Waals surface area contributed by atoms with Crippen LogP contribution in [0, 0.1) is 6.92 Å². The molecule has 0 aliphatic heterocycles. The van der Waals surface area contributed by atoms with Gasteiger partial charge in [0.1, 0.15) is 0 Å². The number of carbonyl (C=O) groups is 1. The van der Waals surface area contributed by atoms with Crippen LogP contribution in [0.15, 0.2) is 47.4 Å². The van der Waals surface area contributed by atoms with Gasteiger partial charge in [-0.3, -0.25) is 4.72 Å². The molecule has 2 aromatic carbocycles. The van der Waals surface area contributed by atoms with E-state index in [9.17, 15) is 18.3 Å². The van der Waals surface area contributed by atoms with Gasteiger partial charge in [-0.05, 0) is 48.2 Å². The smallest absolute Gasteiger partial charge is 0.261 e. The summed E-state index contributed by atoms with van der Waals surface area (Å²) in [6.07, 6.45) is 1.88. The lowest BCUT2D eigenvalue weighted by atomic mass is 10.1. The molecule has 0 aromatic heterocycles. The number of nitrogens with one attached hydrogen (secondary N) is 1. The van der Waals surface area contributed by atoms with Crippen molar-refractivity contribution in [1.82, 2.24) is 0 Å². The Labute approximate surface area is 136 Å². The molecule has 0 spiro atoms. The minimum absolute atomic E-state index is 0.0772. The van der Waals surface area contributed by atoms with Crippen molar-refractivity contribution in [3.63, 3.8) is 0 Å². The van der Waals surface area contributed by atoms with Crippen molar-refractivity contribution in [3.8, 4) is 0 Å². The van der Waals surface area contributed by atoms with E-state index in [2.05, 4.69) is 11.6 Å². The number of aryl methyl sites for hydroxylation is 2. The SMILES string of the molecule is CCCc1ccc(S(=O)(=O)Nc2cc(C(=O)[O-])ccc2C)cc1. The number of carboxylic acids is 1. The van der Waals surface area contributed by atoms with Crippen LogP contribution < -0.4 is 9.83 Å². The van der Waals surface area contributed by atoms with E-state index >= 15 is 0 Å². The molecule has 0 saturated heterocycles. The highest BCUT2D eigenvalue weighted by Gasteiger charge is 2.15. The first-order valence-corrected chi connectivity index (χ1v) is 8.75. The number of rotatable bonds is 6. The van der Waals surface area contributed by atoms with E-state index in [0.717, 1.165) is 18.4 Å². The van der Waals surface area contributed by atoms with E-state index in [1.54, 1.807) is 31.2 Å². The number of benzene rings is 2. The first-order chi connectivity index (χ1) is 10.8. The maximum Gasteiger partial charge on any atom is 0.261 e. The second-order valence-electron chi connectivity index (χ2n) is 5.32. The molecule has 5 nitrogen and oxygen atoms in total. The normalized spacial score (nSPS) is 11.2. The fraction of sp³-hybridized carbons (Fsp3) is 0.235. The van der Waals surface area contributed by atoms with Crippen LogP contribution in [-0.2, 0) is 16.4 Å². The second kappa shape index (κ2) is 6.83. The summed E-state index contributed by atoms with van der Waals surface area (Å²) < 4.78 is 27.3. The van der Waals surface area contributed by atoms with E-state index in [1.807, 2.05) is 0 Å². The molecule has 1 N–H and O–H groups in total. The first kappa shape index (κ1) is 17.0. The van der Waals surface area contributed by atoms with Crippen LogP contribution in [0.25, 0.3) is 0 Å². The molecule has 0 saturated carbocycles. The molecule has 0 aliphatic rings. The van der Waals surface area contributed by atoms with E-state index in [1.165, 1.54) is 18.2 Å². The summed E-state index contributed by atoms with van der Waals surface area (Å²) in [6, 6.07) is 10.8. The monoisotopic (exact) mass is 332 g/mol. The molecule has 6 heteroatoms. The van der Waals surface area contributed by atoms with Gasteiger partial charge in [-0.25, -0.2) is 8.42 Å². The highest BCUT2D eigenvalue weighted by Crippen LogP contribution is 2.21. The summed E-state index contributed by atoms with van der Waals surface area (Å²) >= 11 is 0. The highest BCUT2D eigenvalue weighted by molar-refractivity contribution is 7.92. The van der Waals surface area contributed by atoms with E-state index in [4.69, 9.17) is 0 Å². The standard InChI is InChI=1S/C17H19NO4S/c1-3-4-13-6-9-15(10-7-13)23(21,22)18-16-11-14(17(19)20)8-5-12(16)2/h5-11,18H,3-4H2,1-2H3,(H,19,20)/p-1. The minimum Gasteiger partial charge on any atom is -0.545 e. The maximum absolute atomic E-state index is 12.4. The van der Waals surface area contributed by atoms with Crippen LogP contribution in [0.1, 0.15) is 34.8 Å². The van der Waals surface area contributed by atoms with Crippen molar-refractivity contribution in [2.75, 3.05) is 4.72 Å². The van der Waals surface area contributed by atoms with Crippen LogP contribution in [0.2, 0.25) is 0 Å². The lowest BCUT2D eigenvalue weighted by Gasteiger charge is -2.13. The molecule has 0 radical (unpaired) electrons. The number of hydrogen-bond donors (Lipinski definition) is 1. The predicted octanol–water partition coefficient (Wildman–Crippen LogP) is 2.11. The molecule has 0 heterocycles. The Balaban J connectivity index is 2.30. The molecular weight excluding hydrogens is 314 g/mol. The topological polar surface area (TPSA) is 86.3 Å². The number of aromatic carboxylic acids is 1. The lowest BCUT2D eigenvalue weighted by molar-refractivity contribution is -0.255. The van der Waals surface area contributed by atoms with Gasteiger partial charge >= 0.3 is 0 Å². The quantitative estimate of drug-likeness (QED) is 0.878. The Morgan fingerprint density at radius 3 is 2.35 bits per heavy atom. The molecule has 0 amide bonds. The molecule has 0 bridgehead atoms. The van der Waals surface area contributed by atoms with Gasteiger partial charge in [0.05, 0.1) is 16.6 Å². The average molecular weight is 332 g/mol. The molecule has 122 valence electrons. The van der Waals surface area contributed by atoms with Crippen molar-refractivity contribution in [2.24, 2.45) is 0 Å². The third-order valence-electron chi connectivity index (χ3n) is 3.49. The van der Waals surface area contributed by atoms with Crippen LogP contribution in [-0.4, -0.2) is 14.4 Å². The van der Waals surface area contributed by atoms with Crippen LogP contribution >= 0.6 is 0 Å². The van der Waals surface area contributed by atoms with Crippen molar-refractivity contribution >= 4 is 21.7 Å². The summed E-state index contributed by atoms with van der Waals surface area (Å²) in [4.78, 5) is 11.0. The third kappa shape index (κ3) is 4.10. The fourth-order valence-electron chi connectivity index (χ4n) is 2.19. The second-order valence-corrected chi connectivity index (χ2v) is 7.00. The van der Waals surface area contributed by atoms with Crippen molar-refractivity contribution in [3.05, 3.63) is 59.2 Å². The molecule has 0 atom stereocenters. The zero-order valence-electron chi connectivity index (χ0n) is 13.0. The summed E-state index contributed by atoms with van der Waals surface area (Å²) in [5.74, 6) is -1.35. The Kier molecular flexibility index (Phi) is 5.05. The zero-order valence-corrected chi connectivity index (χ0v) is 13.8. The van der Waals surface area contributed by atoms with Gasteiger partial charge in [-0.15, -0.1) is 0 Å². The van der Waals surface area contributed by atoms with Gasteiger partial charge in [-0.1, -0.05) is 37.6 Å². The van der Waals surface area contributed by atoms with Gasteiger partial charge in [-0.2, -0.15) is 0 Å². The molecule has 0 unspecified atom stereocenters. The maximum atomic E-state index is 12.4. The Hall–Kier alpha value is -2.34. The Morgan fingerprint density at radius 1 is 1.13 bits per heavy atom. The molecule has 2 rings (SSSR count). The molecular formula is C17H18NO4S-. The number of sulfonamides is 1. The van der Waals surface area contributed by atoms with E-state index in [0.29, 0.717) is 5.56 Å². The zero-order chi connectivity index (χ0) is 17.0. The summed E-state index contributed by atoms with van der Waals surface area (Å²) in [5.41, 5.74) is 1.85. The van der Waals surface area contributed by atoms with Gasteiger partial charge in [0, 0.05) is 0 Å². The van der Waals surface area contributed by atoms with Crippen molar-refractivity contribution < 1.29 is 18.3 Å². The number of carboxylic acid groups (broad SMARTS) is 1. The Bertz CT molecular complexity index is 811. The summed E-state index contributed by atoms with van der Waals surface area (Å²) in [5, 5.41) is 10.9. The third-order valence-corrected chi connectivity index (χ3v) is 4.87. The molecule has 2 aromatic rings. The average Bonchev–Trinajstić information content (AvgIpc) is 2.50. The molecule has 0 aliphatic carbocycles. The summed E-state index contributed by atoms with van der Waals surface area (Å²) in [7, 11) is -3.77. The van der Waals surface area contributed by atoms with Crippen LogP contribution in [0.3, 0.4) is 0 Å². The fourth-order valence-corrected chi connectivity index (χ4v) is 3.31. The minimum atomic E-state index is -3.77. The highest BCUT2D eigenvalue weighted by atomic mass is 32.2. The van der Waals surface area contributed by atoms with Gasteiger partial charge in [0.25, 0.3) is 10.0 Å². The number of anilines is 1. The largest absolute Gasteiger partial charge is 0.545 e. The van der Waals surface area contributed by atoms with Crippen LogP contribution in [0.4, 0.5) is 5.69 Å². The van der Waals surface area contributed by atoms with Gasteiger partial charge in [0.2, 0.25) is 0 Å². The van der Waals surface area contributed by atoms with Crippen molar-refractivity contribution in [2.45, 2.75) is 31.6 Å². The van der Waals surface area contributed by atoms with E-state index in [-0.39, 0.29) is 16.1 Å². The first-order valence-electron chi connectivity index (χ1n) is 7.27. The van der Waals surface area contributed by atoms with Gasteiger partial charge < -0.3 is 9.90 Å². The van der Waals surface area contributed by atoms with Gasteiger partial charge in [0.15, 0.2) is 0 Å². The van der Waals surface area contributed by atoms with Crippen molar-refractivity contribution in [1.29, 1.82) is 0 Å². The predicted molar refractivity (Wildman–Crippen MR) is 86.8 cm³/mol.